The Labute approximate surface area is 125 Å². The Morgan fingerprint density at radius 3 is 2.50 bits per heavy atom. The van der Waals surface area contributed by atoms with Crippen LogP contribution in [0.1, 0.15) is 53.9 Å². The van der Waals surface area contributed by atoms with Gasteiger partial charge in [0.2, 0.25) is 0 Å². The van der Waals surface area contributed by atoms with Gasteiger partial charge in [0.25, 0.3) is 5.91 Å². The maximum Gasteiger partial charge on any atom is 0.251 e. The molecule has 1 atom stereocenters. The second-order valence-corrected chi connectivity index (χ2v) is 6.63. The van der Waals surface area contributed by atoms with E-state index in [1.807, 2.05) is 6.08 Å². The Kier molecular flexibility index (Phi) is 8.94. The Balaban J connectivity index is 4.49. The van der Waals surface area contributed by atoms with Crippen molar-refractivity contribution in [3.63, 3.8) is 0 Å². The number of amides is 1. The zero-order valence-corrected chi connectivity index (χ0v) is 13.8. The number of allylic oxidation sites excluding steroid dienone is 3. The Morgan fingerprint density at radius 2 is 2.00 bits per heavy atom. The first kappa shape index (κ1) is 18.7. The van der Waals surface area contributed by atoms with Crippen LogP contribution in [0.4, 0.5) is 0 Å². The van der Waals surface area contributed by atoms with Crippen LogP contribution in [-0.4, -0.2) is 12.5 Å². The van der Waals surface area contributed by atoms with Gasteiger partial charge in [-0.3, -0.25) is 4.79 Å². The smallest absolute Gasteiger partial charge is 0.251 e. The summed E-state index contributed by atoms with van der Waals surface area (Å²) < 4.78 is 0. The quantitative estimate of drug-likeness (QED) is 0.508. The number of nitrogens with one attached hydrogen (secondary N) is 1. The third-order valence-corrected chi connectivity index (χ3v) is 2.98. The van der Waals surface area contributed by atoms with Crippen LogP contribution in [0.2, 0.25) is 0 Å². The molecule has 1 amide bonds. The lowest BCUT2D eigenvalue weighted by molar-refractivity contribution is -0.117. The summed E-state index contributed by atoms with van der Waals surface area (Å²) in [6.45, 7) is 15.3. The summed E-state index contributed by atoms with van der Waals surface area (Å²) in [4.78, 5) is 12.1. The molecule has 0 fully saturated rings. The molecule has 0 aromatic rings. The fourth-order valence-electron chi connectivity index (χ4n) is 1.84. The van der Waals surface area contributed by atoms with Crippen LogP contribution < -0.4 is 5.32 Å². The first-order chi connectivity index (χ1) is 9.30. The third kappa shape index (κ3) is 9.60. The van der Waals surface area contributed by atoms with Crippen molar-refractivity contribution in [3.8, 4) is 0 Å². The minimum atomic E-state index is -0.0157. The molecule has 1 unspecified atom stereocenters. The summed E-state index contributed by atoms with van der Waals surface area (Å²) in [7, 11) is 0. The van der Waals surface area contributed by atoms with Crippen molar-refractivity contribution in [2.45, 2.75) is 53.9 Å². The molecular weight excluding hydrogens is 246 g/mol. The molecule has 0 aromatic heterocycles. The highest BCUT2D eigenvalue weighted by Gasteiger charge is 2.09. The monoisotopic (exact) mass is 277 g/mol. The van der Waals surface area contributed by atoms with Crippen molar-refractivity contribution in [3.05, 3.63) is 36.5 Å². The van der Waals surface area contributed by atoms with Gasteiger partial charge in [-0.2, -0.15) is 0 Å². The topological polar surface area (TPSA) is 29.1 Å². The average molecular weight is 277 g/mol. The number of hydrogen-bond acceptors (Lipinski definition) is 1. The molecule has 0 bridgehead atoms. The highest BCUT2D eigenvalue weighted by molar-refractivity contribution is 5.96. The molecule has 0 aliphatic carbocycles. The first-order valence-electron chi connectivity index (χ1n) is 7.57. The number of carbonyl (C=O) groups excluding carboxylic acids is 1. The van der Waals surface area contributed by atoms with Crippen molar-refractivity contribution < 1.29 is 4.79 Å². The van der Waals surface area contributed by atoms with Crippen LogP contribution in [0.3, 0.4) is 0 Å². The number of hydrogen-bond donors (Lipinski definition) is 1. The lowest BCUT2D eigenvalue weighted by Crippen LogP contribution is -2.29. The van der Waals surface area contributed by atoms with Crippen molar-refractivity contribution in [2.75, 3.05) is 6.54 Å². The SMILES string of the molecule is C=C/C=C(\C=C/CC(C)(C)C)C(=O)NCC(C)CCC. The van der Waals surface area contributed by atoms with Gasteiger partial charge < -0.3 is 5.32 Å². The molecule has 1 N–H and O–H groups in total. The van der Waals surface area contributed by atoms with E-state index in [9.17, 15) is 4.79 Å². The zero-order valence-electron chi connectivity index (χ0n) is 13.8. The van der Waals surface area contributed by atoms with Gasteiger partial charge >= 0.3 is 0 Å². The molecule has 0 saturated heterocycles. The Bertz CT molecular complexity index is 358. The number of carbonyl (C=O) groups is 1. The van der Waals surface area contributed by atoms with Crippen LogP contribution >= 0.6 is 0 Å². The van der Waals surface area contributed by atoms with Crippen LogP contribution in [0.15, 0.2) is 36.5 Å². The summed E-state index contributed by atoms with van der Waals surface area (Å²) in [5, 5.41) is 2.99. The van der Waals surface area contributed by atoms with Gasteiger partial charge in [-0.25, -0.2) is 0 Å². The average Bonchev–Trinajstić information content (AvgIpc) is 2.34. The van der Waals surface area contributed by atoms with Crippen LogP contribution in [0, 0.1) is 11.3 Å². The molecule has 0 spiro atoms. The van der Waals surface area contributed by atoms with E-state index in [1.54, 1.807) is 12.2 Å². The number of rotatable bonds is 8. The fraction of sp³-hybridized carbons (Fsp3) is 0.611. The minimum Gasteiger partial charge on any atom is -0.352 e. The van der Waals surface area contributed by atoms with E-state index < -0.39 is 0 Å². The van der Waals surface area contributed by atoms with Crippen molar-refractivity contribution in [1.29, 1.82) is 0 Å². The lowest BCUT2D eigenvalue weighted by Gasteiger charge is -2.15. The van der Waals surface area contributed by atoms with Crippen LogP contribution in [0.25, 0.3) is 0 Å². The molecule has 0 radical (unpaired) electrons. The molecular formula is C18H31NO. The van der Waals surface area contributed by atoms with Gasteiger partial charge in [-0.15, -0.1) is 0 Å². The summed E-state index contributed by atoms with van der Waals surface area (Å²) in [6, 6.07) is 0. The minimum absolute atomic E-state index is 0.0157. The van der Waals surface area contributed by atoms with Gasteiger partial charge in [0.15, 0.2) is 0 Å². The predicted molar refractivity (Wildman–Crippen MR) is 88.6 cm³/mol. The second kappa shape index (κ2) is 9.57. The highest BCUT2D eigenvalue weighted by atomic mass is 16.1. The molecule has 0 saturated carbocycles. The Hall–Kier alpha value is -1.31. The zero-order chi connectivity index (χ0) is 15.6. The van der Waals surface area contributed by atoms with Gasteiger partial charge in [0.1, 0.15) is 0 Å². The summed E-state index contributed by atoms with van der Waals surface area (Å²) >= 11 is 0. The molecule has 0 rings (SSSR count). The molecule has 114 valence electrons. The summed E-state index contributed by atoms with van der Waals surface area (Å²) in [5.74, 6) is 0.505. The van der Waals surface area contributed by atoms with Crippen molar-refractivity contribution in [1.82, 2.24) is 5.32 Å². The second-order valence-electron chi connectivity index (χ2n) is 6.63. The van der Waals surface area contributed by atoms with E-state index in [4.69, 9.17) is 0 Å². The molecule has 0 heterocycles. The predicted octanol–water partition coefficient (Wildman–Crippen LogP) is 4.64. The molecule has 0 aliphatic rings. The lowest BCUT2D eigenvalue weighted by atomic mass is 9.92. The molecule has 2 nitrogen and oxygen atoms in total. The standard InChI is InChI=1S/C18H31NO/c1-7-10-15(3)14-19-17(20)16(11-8-2)12-9-13-18(4,5)6/h8-9,11-12,15H,2,7,10,13-14H2,1,3-6H3,(H,19,20)/b12-9-,16-11+. The van der Waals surface area contributed by atoms with Crippen molar-refractivity contribution in [2.24, 2.45) is 11.3 Å². The van der Waals surface area contributed by atoms with Gasteiger partial charge in [-0.1, -0.05) is 71.9 Å². The normalized spacial score (nSPS) is 14.3. The van der Waals surface area contributed by atoms with Crippen LogP contribution in [0.5, 0.6) is 0 Å². The van der Waals surface area contributed by atoms with E-state index in [2.05, 4.69) is 52.6 Å². The van der Waals surface area contributed by atoms with Gasteiger partial charge in [0.05, 0.1) is 0 Å². The summed E-state index contributed by atoms with van der Waals surface area (Å²) in [6.07, 6.45) is 10.6. The van der Waals surface area contributed by atoms with Crippen LogP contribution in [-0.2, 0) is 4.79 Å². The van der Waals surface area contributed by atoms with E-state index in [1.165, 1.54) is 0 Å². The van der Waals surface area contributed by atoms with Gasteiger partial charge in [0, 0.05) is 12.1 Å². The molecule has 20 heavy (non-hydrogen) atoms. The third-order valence-electron chi connectivity index (χ3n) is 2.98. The molecule has 2 heteroatoms. The van der Waals surface area contributed by atoms with E-state index in [0.29, 0.717) is 11.5 Å². The summed E-state index contributed by atoms with van der Waals surface area (Å²) in [5.41, 5.74) is 0.912. The van der Waals surface area contributed by atoms with E-state index in [0.717, 1.165) is 25.8 Å². The van der Waals surface area contributed by atoms with E-state index >= 15 is 0 Å². The van der Waals surface area contributed by atoms with Gasteiger partial charge in [-0.05, 0) is 24.2 Å². The maximum absolute atomic E-state index is 12.1. The largest absolute Gasteiger partial charge is 0.352 e. The highest BCUT2D eigenvalue weighted by Crippen LogP contribution is 2.19. The first-order valence-corrected chi connectivity index (χ1v) is 7.57. The van der Waals surface area contributed by atoms with E-state index in [-0.39, 0.29) is 11.3 Å². The molecule has 0 aromatic carbocycles. The molecule has 0 aliphatic heterocycles. The van der Waals surface area contributed by atoms with Crippen molar-refractivity contribution >= 4 is 5.91 Å². The maximum atomic E-state index is 12.1. The fourth-order valence-corrected chi connectivity index (χ4v) is 1.84. The Morgan fingerprint density at radius 1 is 1.35 bits per heavy atom.